The van der Waals surface area contributed by atoms with Gasteiger partial charge in [0.1, 0.15) is 0 Å². The van der Waals surface area contributed by atoms with E-state index in [1.54, 1.807) is 0 Å². The highest BCUT2D eigenvalue weighted by molar-refractivity contribution is 8.03. The van der Waals surface area contributed by atoms with Crippen LogP contribution < -0.4 is 9.80 Å². The fourth-order valence-electron chi connectivity index (χ4n) is 13.3. The first-order valence-corrected chi connectivity index (χ1v) is 26.4. The summed E-state index contributed by atoms with van der Waals surface area (Å²) in [5, 5.41) is 3.13. The Morgan fingerprint density at radius 2 is 0.800 bits per heavy atom. The molecule has 1 saturated carbocycles. The first-order valence-electron chi connectivity index (χ1n) is 25.5. The number of aryl methyl sites for hydroxylation is 2. The number of allylic oxidation sites excluding steroid dienone is 1. The van der Waals surface area contributed by atoms with Crippen LogP contribution >= 0.6 is 11.8 Å². The van der Waals surface area contributed by atoms with Gasteiger partial charge in [0.25, 0.3) is 0 Å². The van der Waals surface area contributed by atoms with Gasteiger partial charge in [0.2, 0.25) is 0 Å². The Hall–Kier alpha value is -3.43. The lowest BCUT2D eigenvalue weighted by Gasteiger charge is -2.51. The lowest BCUT2D eigenvalue weighted by molar-refractivity contribution is 0.0882. The van der Waals surface area contributed by atoms with Crippen molar-refractivity contribution in [3.05, 3.63) is 122 Å². The van der Waals surface area contributed by atoms with E-state index in [1.165, 1.54) is 130 Å². The van der Waals surface area contributed by atoms with E-state index in [2.05, 4.69) is 218 Å². The molecule has 4 aromatic carbocycles. The van der Waals surface area contributed by atoms with Gasteiger partial charge in [-0.3, -0.25) is 0 Å². The van der Waals surface area contributed by atoms with Crippen molar-refractivity contribution in [2.45, 2.75) is 214 Å². The van der Waals surface area contributed by atoms with Crippen LogP contribution in [0.5, 0.6) is 0 Å². The van der Waals surface area contributed by atoms with Crippen LogP contribution in [-0.2, 0) is 32.5 Å². The van der Waals surface area contributed by atoms with Crippen molar-refractivity contribution in [2.75, 3.05) is 9.80 Å². The zero-order valence-corrected chi connectivity index (χ0v) is 44.9. The standard InChI is InChI=1S/C62H84N2S/c1-39-31-43(63(41-19-21-45-48(35-41)58(9,10)25-23-55(45,3)4)42-20-22-46-49(36-42)59(11,12)26-24-56(46,5)6)34-44(32-39)64(52-38-65-54-53(52)61(15,16)29-30-62(54,17)18)51-37-50-47(33-40(51)2)57(7,8)27-28-60(50,13)14/h19-22,31-38,53-54H,23-30H2,1-18H3. The van der Waals surface area contributed by atoms with Crippen LogP contribution in [0.4, 0.5) is 28.4 Å². The molecule has 4 aliphatic carbocycles. The van der Waals surface area contributed by atoms with Gasteiger partial charge in [-0.25, -0.2) is 0 Å². The van der Waals surface area contributed by atoms with E-state index in [4.69, 9.17) is 0 Å². The van der Waals surface area contributed by atoms with E-state index < -0.39 is 0 Å². The van der Waals surface area contributed by atoms with Gasteiger partial charge in [-0.2, -0.15) is 0 Å². The number of anilines is 5. The zero-order chi connectivity index (χ0) is 47.2. The van der Waals surface area contributed by atoms with Crippen molar-refractivity contribution in [3.63, 3.8) is 0 Å². The van der Waals surface area contributed by atoms with Crippen molar-refractivity contribution >= 4 is 40.2 Å². The number of hydrogen-bond acceptors (Lipinski definition) is 3. The highest BCUT2D eigenvalue weighted by atomic mass is 32.2. The molecule has 2 unspecified atom stereocenters. The molecule has 1 fully saturated rings. The molecule has 0 N–H and O–H groups in total. The molecule has 0 bridgehead atoms. The van der Waals surface area contributed by atoms with Gasteiger partial charge in [-0.15, -0.1) is 11.8 Å². The van der Waals surface area contributed by atoms with Crippen LogP contribution in [0.3, 0.4) is 0 Å². The van der Waals surface area contributed by atoms with Crippen LogP contribution in [0.2, 0.25) is 0 Å². The Morgan fingerprint density at radius 3 is 1.28 bits per heavy atom. The van der Waals surface area contributed by atoms with Crippen LogP contribution in [-0.4, -0.2) is 5.25 Å². The van der Waals surface area contributed by atoms with Crippen LogP contribution in [0.1, 0.15) is 207 Å². The van der Waals surface area contributed by atoms with E-state index in [9.17, 15) is 0 Å². The first kappa shape index (κ1) is 46.7. The molecule has 2 nitrogen and oxygen atoms in total. The first-order chi connectivity index (χ1) is 30.0. The molecule has 0 radical (unpaired) electrons. The van der Waals surface area contributed by atoms with Gasteiger partial charge in [-0.1, -0.05) is 129 Å². The Kier molecular flexibility index (Phi) is 10.8. The summed E-state index contributed by atoms with van der Waals surface area (Å²) in [6.45, 7) is 44.5. The number of fused-ring (bicyclic) bond motifs is 4. The highest BCUT2D eigenvalue weighted by Crippen LogP contribution is 2.62. The molecule has 0 amide bonds. The van der Waals surface area contributed by atoms with E-state index in [-0.39, 0.29) is 43.3 Å². The molecule has 0 spiro atoms. The Balaban J connectivity index is 1.30. The van der Waals surface area contributed by atoms with Crippen LogP contribution in [0.15, 0.2) is 77.8 Å². The van der Waals surface area contributed by atoms with Crippen molar-refractivity contribution in [1.82, 2.24) is 0 Å². The third-order valence-electron chi connectivity index (χ3n) is 18.4. The molecule has 9 rings (SSSR count). The summed E-state index contributed by atoms with van der Waals surface area (Å²) < 4.78 is 0. The number of rotatable bonds is 6. The Labute approximate surface area is 400 Å². The molecule has 1 aliphatic heterocycles. The summed E-state index contributed by atoms with van der Waals surface area (Å²) in [5.41, 5.74) is 20.7. The third kappa shape index (κ3) is 7.77. The molecule has 65 heavy (non-hydrogen) atoms. The minimum Gasteiger partial charge on any atom is -0.313 e. The summed E-state index contributed by atoms with van der Waals surface area (Å²) in [6, 6.07) is 27.8. The highest BCUT2D eigenvalue weighted by Gasteiger charge is 2.53. The van der Waals surface area contributed by atoms with E-state index in [0.717, 1.165) is 0 Å². The second-order valence-electron chi connectivity index (χ2n) is 27.2. The topological polar surface area (TPSA) is 6.48 Å². The van der Waals surface area contributed by atoms with Crippen molar-refractivity contribution in [3.8, 4) is 0 Å². The average Bonchev–Trinajstić information content (AvgIpc) is 3.67. The van der Waals surface area contributed by atoms with Gasteiger partial charge in [0, 0.05) is 45.3 Å². The van der Waals surface area contributed by atoms with Gasteiger partial charge < -0.3 is 9.80 Å². The maximum Gasteiger partial charge on any atom is 0.0491 e. The predicted molar refractivity (Wildman–Crippen MR) is 285 cm³/mol. The Bertz CT molecular complexity index is 2510. The summed E-state index contributed by atoms with van der Waals surface area (Å²) in [4.78, 5) is 5.39. The molecule has 348 valence electrons. The normalized spacial score (nSPS) is 25.6. The number of benzene rings is 4. The summed E-state index contributed by atoms with van der Waals surface area (Å²) in [5.74, 6) is 0.425. The smallest absolute Gasteiger partial charge is 0.0491 e. The van der Waals surface area contributed by atoms with Gasteiger partial charge in [0.15, 0.2) is 0 Å². The second kappa shape index (κ2) is 15.0. The quantitative estimate of drug-likeness (QED) is 0.190. The monoisotopic (exact) mass is 889 g/mol. The lowest BCUT2D eigenvalue weighted by Crippen LogP contribution is -2.47. The minimum atomic E-state index is 0.0962. The minimum absolute atomic E-state index is 0.0962. The van der Waals surface area contributed by atoms with Crippen molar-refractivity contribution in [2.24, 2.45) is 16.7 Å². The summed E-state index contributed by atoms with van der Waals surface area (Å²) >= 11 is 2.11. The van der Waals surface area contributed by atoms with E-state index in [1.807, 2.05) is 0 Å². The average molecular weight is 889 g/mol. The van der Waals surface area contributed by atoms with Gasteiger partial charge >= 0.3 is 0 Å². The Morgan fingerprint density at radius 1 is 0.400 bits per heavy atom. The summed E-state index contributed by atoms with van der Waals surface area (Å²) in [6.07, 6.45) is 9.73. The molecule has 0 aromatic heterocycles. The van der Waals surface area contributed by atoms with Gasteiger partial charge in [-0.05, 0) is 207 Å². The lowest BCUT2D eigenvalue weighted by atomic mass is 9.59. The maximum atomic E-state index is 2.76. The predicted octanol–water partition coefficient (Wildman–Crippen LogP) is 18.4. The van der Waals surface area contributed by atoms with Crippen molar-refractivity contribution in [1.29, 1.82) is 0 Å². The third-order valence-corrected chi connectivity index (χ3v) is 20.0. The van der Waals surface area contributed by atoms with Crippen LogP contribution in [0.25, 0.3) is 0 Å². The largest absolute Gasteiger partial charge is 0.313 e. The molecule has 2 atom stereocenters. The zero-order valence-electron chi connectivity index (χ0n) is 44.0. The summed E-state index contributed by atoms with van der Waals surface area (Å²) in [7, 11) is 0. The molecule has 4 aromatic rings. The molecular formula is C62H84N2S. The SMILES string of the molecule is Cc1cc(N(C2=CSC3C2C(C)(C)CCC3(C)C)c2cc3c(cc2C)C(C)(C)CCC3(C)C)cc(N(c2ccc3c(c2)C(C)(C)CCC3(C)C)c2ccc3c(c2)C(C)(C)CCC3(C)C)c1. The maximum absolute atomic E-state index is 2.76. The van der Waals surface area contributed by atoms with E-state index in [0.29, 0.717) is 11.2 Å². The molecular weight excluding hydrogens is 805 g/mol. The second-order valence-corrected chi connectivity index (χ2v) is 28.2. The molecule has 3 heteroatoms. The fraction of sp³-hybridized carbons (Fsp3) is 0.581. The molecule has 1 heterocycles. The fourth-order valence-corrected chi connectivity index (χ4v) is 15.0. The number of thioether (sulfide) groups is 1. The molecule has 0 saturated heterocycles. The number of nitrogens with zero attached hydrogens (tertiary/aromatic N) is 2. The van der Waals surface area contributed by atoms with Gasteiger partial charge in [0.05, 0.1) is 0 Å². The van der Waals surface area contributed by atoms with Crippen LogP contribution in [0, 0.1) is 30.6 Å². The number of hydrogen-bond donors (Lipinski definition) is 0. The van der Waals surface area contributed by atoms with Crippen molar-refractivity contribution < 1.29 is 0 Å². The molecule has 5 aliphatic rings. The van der Waals surface area contributed by atoms with E-state index >= 15 is 0 Å².